The van der Waals surface area contributed by atoms with Gasteiger partial charge >= 0.3 is 0 Å². The zero-order valence-electron chi connectivity index (χ0n) is 14.5. The molecule has 0 N–H and O–H groups in total. The van der Waals surface area contributed by atoms with Gasteiger partial charge in [0.25, 0.3) is 0 Å². The number of hydrogen-bond donors (Lipinski definition) is 0. The number of carbonyl (C=O) groups is 1. The molecule has 0 aromatic carbocycles. The van der Waals surface area contributed by atoms with Crippen molar-refractivity contribution < 1.29 is 9.32 Å². The third-order valence-corrected chi connectivity index (χ3v) is 6.60. The monoisotopic (exact) mass is 331 g/mol. The fourth-order valence-electron chi connectivity index (χ4n) is 5.30. The summed E-state index contributed by atoms with van der Waals surface area (Å²) in [7, 11) is 0. The van der Waals surface area contributed by atoms with Crippen LogP contribution in [0.5, 0.6) is 0 Å². The Morgan fingerprint density at radius 3 is 2.67 bits per heavy atom. The molecule has 1 aromatic heterocycles. The quantitative estimate of drug-likeness (QED) is 0.818. The van der Waals surface area contributed by atoms with Crippen LogP contribution < -0.4 is 0 Å². The minimum Gasteiger partial charge on any atom is -0.343 e. The predicted molar refractivity (Wildman–Crippen MR) is 90.0 cm³/mol. The fraction of sp³-hybridized carbons (Fsp3) is 0.842. The molecular formula is C19H29N3O2. The van der Waals surface area contributed by atoms with Crippen molar-refractivity contribution in [3.63, 3.8) is 0 Å². The van der Waals surface area contributed by atoms with E-state index in [4.69, 9.17) is 4.52 Å². The molecule has 5 nitrogen and oxygen atoms in total. The second-order valence-electron chi connectivity index (χ2n) is 8.00. The molecule has 2 saturated carbocycles. The van der Waals surface area contributed by atoms with E-state index >= 15 is 0 Å². The van der Waals surface area contributed by atoms with Crippen LogP contribution >= 0.6 is 0 Å². The molecule has 5 heteroatoms. The van der Waals surface area contributed by atoms with E-state index in [0.717, 1.165) is 50.5 Å². The highest BCUT2D eigenvalue weighted by molar-refractivity contribution is 5.79. The summed E-state index contributed by atoms with van der Waals surface area (Å²) in [5.74, 6) is 2.95. The van der Waals surface area contributed by atoms with Crippen LogP contribution in [0.3, 0.4) is 0 Å². The summed E-state index contributed by atoms with van der Waals surface area (Å²) in [6.07, 6.45) is 14.7. The number of nitrogens with zero attached hydrogens (tertiary/aromatic N) is 3. The lowest BCUT2D eigenvalue weighted by atomic mass is 9.67. The third-order valence-electron chi connectivity index (χ3n) is 6.60. The van der Waals surface area contributed by atoms with Crippen LogP contribution in [0.1, 0.15) is 82.5 Å². The molecule has 4 atom stereocenters. The maximum absolute atomic E-state index is 13.3. The van der Waals surface area contributed by atoms with E-state index in [-0.39, 0.29) is 12.0 Å². The second-order valence-corrected chi connectivity index (χ2v) is 8.00. The van der Waals surface area contributed by atoms with E-state index in [2.05, 4.69) is 15.0 Å². The number of amides is 1. The summed E-state index contributed by atoms with van der Waals surface area (Å²) in [5.41, 5.74) is 0. The fourth-order valence-corrected chi connectivity index (χ4v) is 5.30. The van der Waals surface area contributed by atoms with Gasteiger partial charge < -0.3 is 9.42 Å². The number of fused-ring (bicyclic) bond motifs is 1. The number of hydrogen-bond acceptors (Lipinski definition) is 4. The van der Waals surface area contributed by atoms with Crippen molar-refractivity contribution in [1.82, 2.24) is 15.0 Å². The van der Waals surface area contributed by atoms with Crippen molar-refractivity contribution >= 4 is 5.91 Å². The van der Waals surface area contributed by atoms with E-state index in [1.54, 1.807) is 0 Å². The Bertz CT molecular complexity index is 545. The molecule has 3 aliphatic rings. The van der Waals surface area contributed by atoms with Crippen molar-refractivity contribution in [2.24, 2.45) is 17.8 Å². The molecule has 1 saturated heterocycles. The van der Waals surface area contributed by atoms with Gasteiger partial charge in [0, 0.05) is 12.5 Å². The van der Waals surface area contributed by atoms with Crippen LogP contribution in [0.25, 0.3) is 0 Å². The SMILES string of the molecule is O=C(C1CCC2CCCCC2C1)N1CCCCCC1c1ncon1. The highest BCUT2D eigenvalue weighted by Gasteiger charge is 2.39. The first-order chi connectivity index (χ1) is 11.8. The van der Waals surface area contributed by atoms with Crippen molar-refractivity contribution in [1.29, 1.82) is 0 Å². The Balaban J connectivity index is 1.48. The topological polar surface area (TPSA) is 59.2 Å². The molecule has 0 radical (unpaired) electrons. The van der Waals surface area contributed by atoms with Crippen molar-refractivity contribution in [3.05, 3.63) is 12.2 Å². The third kappa shape index (κ3) is 3.22. The summed E-state index contributed by atoms with van der Waals surface area (Å²) < 4.78 is 4.95. The molecule has 24 heavy (non-hydrogen) atoms. The number of likely N-dealkylation sites (tertiary alicyclic amines) is 1. The normalized spacial score (nSPS) is 34.4. The lowest BCUT2D eigenvalue weighted by Gasteiger charge is -2.41. The smallest absolute Gasteiger partial charge is 0.226 e. The van der Waals surface area contributed by atoms with Gasteiger partial charge in [-0.05, 0) is 43.9 Å². The molecule has 4 unspecified atom stereocenters. The molecule has 2 aliphatic carbocycles. The van der Waals surface area contributed by atoms with Crippen molar-refractivity contribution in [2.45, 2.75) is 76.7 Å². The van der Waals surface area contributed by atoms with Crippen molar-refractivity contribution in [2.75, 3.05) is 6.54 Å². The first-order valence-corrected chi connectivity index (χ1v) is 9.89. The van der Waals surface area contributed by atoms with Gasteiger partial charge in [-0.25, -0.2) is 0 Å². The van der Waals surface area contributed by atoms with Gasteiger partial charge in [0.1, 0.15) is 0 Å². The average Bonchev–Trinajstić information content (AvgIpc) is 3.05. The van der Waals surface area contributed by atoms with Gasteiger partial charge in [0.05, 0.1) is 6.04 Å². The molecule has 4 rings (SSSR count). The van der Waals surface area contributed by atoms with Crippen LogP contribution in [0.15, 0.2) is 10.9 Å². The molecule has 3 fully saturated rings. The van der Waals surface area contributed by atoms with Gasteiger partial charge in [0.2, 0.25) is 12.3 Å². The van der Waals surface area contributed by atoms with Gasteiger partial charge in [-0.1, -0.05) is 43.7 Å². The Labute approximate surface area is 144 Å². The highest BCUT2D eigenvalue weighted by atomic mass is 16.5. The molecule has 0 spiro atoms. The lowest BCUT2D eigenvalue weighted by Crippen LogP contribution is -2.42. The predicted octanol–water partition coefficient (Wildman–Crippen LogP) is 4.12. The first kappa shape index (κ1) is 16.1. The van der Waals surface area contributed by atoms with Crippen LogP contribution in [0.2, 0.25) is 0 Å². The summed E-state index contributed by atoms with van der Waals surface area (Å²) in [6.45, 7) is 0.850. The second kappa shape index (κ2) is 7.24. The van der Waals surface area contributed by atoms with Crippen LogP contribution in [0, 0.1) is 17.8 Å². The van der Waals surface area contributed by atoms with E-state index in [1.165, 1.54) is 44.9 Å². The number of aromatic nitrogens is 2. The average molecular weight is 331 g/mol. The molecule has 132 valence electrons. The van der Waals surface area contributed by atoms with E-state index in [1.807, 2.05) is 0 Å². The lowest BCUT2D eigenvalue weighted by molar-refractivity contribution is -0.140. The zero-order chi connectivity index (χ0) is 16.4. The zero-order valence-corrected chi connectivity index (χ0v) is 14.5. The molecule has 1 aromatic rings. The summed E-state index contributed by atoms with van der Waals surface area (Å²) >= 11 is 0. The number of rotatable bonds is 2. The maximum atomic E-state index is 13.3. The Hall–Kier alpha value is -1.39. The molecular weight excluding hydrogens is 302 g/mol. The minimum absolute atomic E-state index is 0.0165. The van der Waals surface area contributed by atoms with Crippen LogP contribution in [-0.2, 0) is 4.79 Å². The van der Waals surface area contributed by atoms with E-state index in [9.17, 15) is 4.79 Å². The maximum Gasteiger partial charge on any atom is 0.226 e. The summed E-state index contributed by atoms with van der Waals surface area (Å²) in [4.78, 5) is 19.7. The molecule has 2 heterocycles. The molecule has 1 aliphatic heterocycles. The summed E-state index contributed by atoms with van der Waals surface area (Å²) in [5, 5.41) is 4.04. The van der Waals surface area contributed by atoms with Gasteiger partial charge in [-0.15, -0.1) is 0 Å². The van der Waals surface area contributed by atoms with Crippen LogP contribution in [-0.4, -0.2) is 27.5 Å². The number of carbonyl (C=O) groups excluding carboxylic acids is 1. The first-order valence-electron chi connectivity index (χ1n) is 9.89. The largest absolute Gasteiger partial charge is 0.343 e. The van der Waals surface area contributed by atoms with Gasteiger partial charge in [0.15, 0.2) is 5.82 Å². The molecule has 0 bridgehead atoms. The Kier molecular flexibility index (Phi) is 4.86. The highest BCUT2D eigenvalue weighted by Crippen LogP contribution is 2.44. The Morgan fingerprint density at radius 2 is 1.83 bits per heavy atom. The Morgan fingerprint density at radius 1 is 1.00 bits per heavy atom. The molecule has 1 amide bonds. The standard InChI is InChI=1S/C19H29N3O2/c23-19(16-10-9-14-6-3-4-7-15(14)12-16)22-11-5-1-2-8-17(22)18-20-13-24-21-18/h13-17H,1-12H2. The van der Waals surface area contributed by atoms with E-state index in [0.29, 0.717) is 11.7 Å². The van der Waals surface area contributed by atoms with Gasteiger partial charge in [-0.3, -0.25) is 4.79 Å². The minimum atomic E-state index is 0.0165. The van der Waals surface area contributed by atoms with Crippen LogP contribution in [0.4, 0.5) is 0 Å². The van der Waals surface area contributed by atoms with Gasteiger partial charge in [-0.2, -0.15) is 4.98 Å². The summed E-state index contributed by atoms with van der Waals surface area (Å²) in [6, 6.07) is 0.0165. The van der Waals surface area contributed by atoms with E-state index < -0.39 is 0 Å². The van der Waals surface area contributed by atoms with Crippen molar-refractivity contribution in [3.8, 4) is 0 Å².